The predicted molar refractivity (Wildman–Crippen MR) is 155 cm³/mol. The van der Waals surface area contributed by atoms with E-state index in [1.54, 1.807) is 18.2 Å². The fourth-order valence-corrected chi connectivity index (χ4v) is 4.74. The van der Waals surface area contributed by atoms with Gasteiger partial charge in [0, 0.05) is 34.6 Å². The van der Waals surface area contributed by atoms with Crippen LogP contribution in [0.5, 0.6) is 5.75 Å². The highest BCUT2D eigenvalue weighted by Crippen LogP contribution is 2.31. The van der Waals surface area contributed by atoms with Gasteiger partial charge in [-0.3, -0.25) is 9.59 Å². The smallest absolute Gasteiger partial charge is 0.261 e. The molecule has 0 spiro atoms. The predicted octanol–water partition coefficient (Wildman–Crippen LogP) is 6.83. The molecule has 0 saturated carbocycles. The summed E-state index contributed by atoms with van der Waals surface area (Å²) in [4.78, 5) is 28.9. The molecule has 5 nitrogen and oxygen atoms in total. The molecule has 3 rings (SSSR count). The summed E-state index contributed by atoms with van der Waals surface area (Å²) in [7, 11) is 0. The van der Waals surface area contributed by atoms with Gasteiger partial charge in [0.2, 0.25) is 5.91 Å². The number of halogens is 2. The molecule has 0 aliphatic carbocycles. The van der Waals surface area contributed by atoms with Crippen molar-refractivity contribution in [2.75, 3.05) is 6.61 Å². The van der Waals surface area contributed by atoms with E-state index in [0.717, 1.165) is 11.1 Å². The van der Waals surface area contributed by atoms with Gasteiger partial charge >= 0.3 is 0 Å². The van der Waals surface area contributed by atoms with Crippen molar-refractivity contribution in [1.82, 2.24) is 10.2 Å². The SMILES string of the molecule is CC(C)NC(=O)C(Cc1ccccc1)N(Cc1c(Cl)cccc1Cl)C(=O)COc1ccccc1C(C)(C)C. The second-order valence-corrected chi connectivity index (χ2v) is 11.4. The first-order valence-corrected chi connectivity index (χ1v) is 13.5. The molecule has 3 aromatic rings. The summed E-state index contributed by atoms with van der Waals surface area (Å²) >= 11 is 13.0. The second-order valence-electron chi connectivity index (χ2n) is 10.6. The first-order chi connectivity index (χ1) is 18.0. The van der Waals surface area contributed by atoms with Gasteiger partial charge in [-0.1, -0.05) is 98.6 Å². The average molecular weight is 556 g/mol. The molecule has 3 aromatic carbocycles. The minimum absolute atomic E-state index is 0.0602. The van der Waals surface area contributed by atoms with Gasteiger partial charge in [0.05, 0.1) is 0 Å². The van der Waals surface area contributed by atoms with E-state index in [1.165, 1.54) is 4.90 Å². The lowest BCUT2D eigenvalue weighted by Gasteiger charge is -2.32. The Morgan fingerprint density at radius 3 is 2.11 bits per heavy atom. The van der Waals surface area contributed by atoms with E-state index in [9.17, 15) is 9.59 Å². The molecule has 202 valence electrons. The molecule has 1 N–H and O–H groups in total. The maximum atomic E-state index is 13.9. The molecular weight excluding hydrogens is 519 g/mol. The van der Waals surface area contributed by atoms with Crippen LogP contribution < -0.4 is 10.1 Å². The van der Waals surface area contributed by atoms with Gasteiger partial charge in [-0.05, 0) is 48.6 Å². The van der Waals surface area contributed by atoms with Crippen molar-refractivity contribution >= 4 is 35.0 Å². The molecule has 2 amide bonds. The van der Waals surface area contributed by atoms with Crippen molar-refractivity contribution in [1.29, 1.82) is 0 Å². The van der Waals surface area contributed by atoms with Gasteiger partial charge in [0.25, 0.3) is 5.91 Å². The van der Waals surface area contributed by atoms with E-state index in [1.807, 2.05) is 68.4 Å². The molecule has 1 atom stereocenters. The Labute approximate surface area is 236 Å². The summed E-state index contributed by atoms with van der Waals surface area (Å²) in [5.41, 5.74) is 2.33. The first kappa shape index (κ1) is 29.5. The van der Waals surface area contributed by atoms with E-state index in [4.69, 9.17) is 27.9 Å². The lowest BCUT2D eigenvalue weighted by atomic mass is 9.86. The van der Waals surface area contributed by atoms with E-state index in [2.05, 4.69) is 26.1 Å². The van der Waals surface area contributed by atoms with Crippen molar-refractivity contribution < 1.29 is 14.3 Å². The molecule has 0 saturated heterocycles. The molecule has 0 aliphatic heterocycles. The lowest BCUT2D eigenvalue weighted by Crippen LogP contribution is -2.53. The molecule has 0 aromatic heterocycles. The maximum Gasteiger partial charge on any atom is 0.261 e. The van der Waals surface area contributed by atoms with Gasteiger partial charge < -0.3 is 15.0 Å². The quantitative estimate of drug-likeness (QED) is 0.298. The van der Waals surface area contributed by atoms with Crippen molar-refractivity contribution in [2.24, 2.45) is 0 Å². The van der Waals surface area contributed by atoms with Crippen LogP contribution in [-0.4, -0.2) is 35.4 Å². The second kappa shape index (κ2) is 13.2. The number of nitrogens with zero attached hydrogens (tertiary/aromatic N) is 1. The number of amides is 2. The van der Waals surface area contributed by atoms with E-state index < -0.39 is 6.04 Å². The molecule has 0 heterocycles. The Morgan fingerprint density at radius 1 is 0.895 bits per heavy atom. The summed E-state index contributed by atoms with van der Waals surface area (Å²) in [5.74, 6) is 0.0373. The van der Waals surface area contributed by atoms with Crippen LogP contribution in [0.3, 0.4) is 0 Å². The van der Waals surface area contributed by atoms with Gasteiger partial charge in [-0.2, -0.15) is 0 Å². The fraction of sp³-hybridized carbons (Fsp3) is 0.355. The maximum absolute atomic E-state index is 13.9. The largest absolute Gasteiger partial charge is 0.483 e. The van der Waals surface area contributed by atoms with Crippen LogP contribution in [0.4, 0.5) is 0 Å². The van der Waals surface area contributed by atoms with Crippen LogP contribution >= 0.6 is 23.2 Å². The van der Waals surface area contributed by atoms with Crippen LogP contribution in [0.2, 0.25) is 10.0 Å². The van der Waals surface area contributed by atoms with Crippen molar-refractivity contribution in [2.45, 2.75) is 65.1 Å². The summed E-state index contributed by atoms with van der Waals surface area (Å²) in [6.45, 7) is 9.88. The summed E-state index contributed by atoms with van der Waals surface area (Å²) in [6, 6.07) is 21.6. The number of carbonyl (C=O) groups is 2. The topological polar surface area (TPSA) is 58.6 Å². The van der Waals surface area contributed by atoms with E-state index >= 15 is 0 Å². The van der Waals surface area contributed by atoms with Crippen molar-refractivity contribution in [3.8, 4) is 5.75 Å². The van der Waals surface area contributed by atoms with Gasteiger partial charge in [-0.15, -0.1) is 0 Å². The minimum atomic E-state index is -0.805. The minimum Gasteiger partial charge on any atom is -0.483 e. The van der Waals surface area contributed by atoms with Gasteiger partial charge in [-0.25, -0.2) is 0 Å². The zero-order valence-corrected chi connectivity index (χ0v) is 24.1. The summed E-state index contributed by atoms with van der Waals surface area (Å²) in [5, 5.41) is 3.83. The van der Waals surface area contributed by atoms with Crippen LogP contribution in [0.15, 0.2) is 72.8 Å². The summed E-state index contributed by atoms with van der Waals surface area (Å²) in [6.07, 6.45) is 0.325. The summed E-state index contributed by atoms with van der Waals surface area (Å²) < 4.78 is 6.08. The van der Waals surface area contributed by atoms with Gasteiger partial charge in [0.15, 0.2) is 6.61 Å². The molecule has 0 bridgehead atoms. The number of nitrogens with one attached hydrogen (secondary N) is 1. The normalized spacial score (nSPS) is 12.2. The molecule has 0 aliphatic rings. The highest BCUT2D eigenvalue weighted by atomic mass is 35.5. The Balaban J connectivity index is 1.99. The first-order valence-electron chi connectivity index (χ1n) is 12.8. The lowest BCUT2D eigenvalue weighted by molar-refractivity contribution is -0.143. The Kier molecular flexibility index (Phi) is 10.2. The number of ether oxygens (including phenoxy) is 1. The highest BCUT2D eigenvalue weighted by Gasteiger charge is 2.32. The molecule has 1 unspecified atom stereocenters. The molecule has 38 heavy (non-hydrogen) atoms. The molecule has 0 fully saturated rings. The van der Waals surface area contributed by atoms with E-state index in [0.29, 0.717) is 27.8 Å². The third-order valence-corrected chi connectivity index (χ3v) is 6.85. The average Bonchev–Trinajstić information content (AvgIpc) is 2.86. The van der Waals surface area contributed by atoms with Crippen molar-refractivity contribution in [3.05, 3.63) is 99.5 Å². The highest BCUT2D eigenvalue weighted by molar-refractivity contribution is 6.36. The fourth-order valence-electron chi connectivity index (χ4n) is 4.22. The Hall–Kier alpha value is -3.02. The van der Waals surface area contributed by atoms with Crippen LogP contribution in [-0.2, 0) is 28.0 Å². The van der Waals surface area contributed by atoms with Crippen molar-refractivity contribution in [3.63, 3.8) is 0 Å². The Morgan fingerprint density at radius 2 is 1.50 bits per heavy atom. The van der Waals surface area contributed by atoms with E-state index in [-0.39, 0.29) is 36.4 Å². The number of hydrogen-bond acceptors (Lipinski definition) is 3. The number of rotatable bonds is 10. The standard InChI is InChI=1S/C31H36Cl2N2O3/c1-21(2)34-30(37)27(18-22-12-7-6-8-13-22)35(19-23-25(32)15-11-16-26(23)33)29(36)20-38-28-17-10-9-14-24(28)31(3,4)5/h6-17,21,27H,18-20H2,1-5H3,(H,34,37). The zero-order chi connectivity index (χ0) is 27.9. The molecule has 7 heteroatoms. The van der Waals surface area contributed by atoms with Crippen LogP contribution in [0, 0.1) is 0 Å². The van der Waals surface area contributed by atoms with Crippen LogP contribution in [0.25, 0.3) is 0 Å². The number of benzene rings is 3. The monoisotopic (exact) mass is 554 g/mol. The van der Waals surface area contributed by atoms with Gasteiger partial charge in [0.1, 0.15) is 11.8 Å². The third-order valence-electron chi connectivity index (χ3n) is 6.14. The van der Waals surface area contributed by atoms with Crippen LogP contribution in [0.1, 0.15) is 51.3 Å². The molecular formula is C31H36Cl2N2O3. The zero-order valence-electron chi connectivity index (χ0n) is 22.6. The Bertz CT molecular complexity index is 1220. The number of hydrogen-bond donors (Lipinski definition) is 1. The number of carbonyl (C=O) groups excluding carboxylic acids is 2. The third kappa shape index (κ3) is 7.99. The number of para-hydroxylation sites is 1. The molecule has 0 radical (unpaired) electrons.